The second-order valence-corrected chi connectivity index (χ2v) is 8.20. The van der Waals surface area contributed by atoms with E-state index in [4.69, 9.17) is 0 Å². The lowest BCUT2D eigenvalue weighted by Crippen LogP contribution is -2.35. The number of hydrogen-bond donors (Lipinski definition) is 1. The first-order valence-corrected chi connectivity index (χ1v) is 9.78. The highest BCUT2D eigenvalue weighted by Crippen LogP contribution is 2.15. The van der Waals surface area contributed by atoms with E-state index in [1.54, 1.807) is 35.6 Å². The average molecular weight is 352 g/mol. The Morgan fingerprint density at radius 1 is 1.17 bits per heavy atom. The number of aryl methyl sites for hydroxylation is 1. The lowest BCUT2D eigenvalue weighted by atomic mass is 10.2. The summed E-state index contributed by atoms with van der Waals surface area (Å²) in [5, 5.41) is 4.64. The maximum atomic E-state index is 12.2. The lowest BCUT2D eigenvalue weighted by Gasteiger charge is -2.19. The number of carbonyl (C=O) groups is 1. The maximum Gasteiger partial charge on any atom is 0.236 e. The summed E-state index contributed by atoms with van der Waals surface area (Å²) < 4.78 is 25.7. The van der Waals surface area contributed by atoms with E-state index in [9.17, 15) is 13.2 Å². The molecule has 1 aromatic carbocycles. The highest BCUT2D eigenvalue weighted by molar-refractivity contribution is 7.92. The van der Waals surface area contributed by atoms with Crippen molar-refractivity contribution in [1.82, 2.24) is 5.32 Å². The summed E-state index contributed by atoms with van der Waals surface area (Å²) in [5.41, 5.74) is 0.608. The maximum absolute atomic E-state index is 12.2. The number of thiophene rings is 1. The molecular formula is C16H20N2O3S2. The van der Waals surface area contributed by atoms with Crippen molar-refractivity contribution >= 4 is 33.0 Å². The third-order valence-corrected chi connectivity index (χ3v) is 6.10. The summed E-state index contributed by atoms with van der Waals surface area (Å²) in [6.45, 7) is 0.114. The third-order valence-electron chi connectivity index (χ3n) is 3.40. The smallest absolute Gasteiger partial charge is 0.236 e. The number of hydrogen-bond acceptors (Lipinski definition) is 4. The zero-order valence-corrected chi connectivity index (χ0v) is 14.6. The minimum Gasteiger partial charge on any atom is -0.355 e. The summed E-state index contributed by atoms with van der Waals surface area (Å²) in [7, 11) is -1.93. The van der Waals surface area contributed by atoms with Crippen LogP contribution in [-0.4, -0.2) is 33.7 Å². The van der Waals surface area contributed by atoms with Crippen molar-refractivity contribution in [2.45, 2.75) is 12.8 Å². The Morgan fingerprint density at radius 2 is 1.91 bits per heavy atom. The van der Waals surface area contributed by atoms with Gasteiger partial charge in [-0.1, -0.05) is 24.3 Å². The molecule has 5 nitrogen and oxygen atoms in total. The van der Waals surface area contributed by atoms with Crippen LogP contribution < -0.4 is 9.62 Å². The number of para-hydroxylation sites is 1. The topological polar surface area (TPSA) is 66.5 Å². The van der Waals surface area contributed by atoms with Crippen LogP contribution in [0.5, 0.6) is 0 Å². The molecule has 0 bridgehead atoms. The molecule has 1 heterocycles. The van der Waals surface area contributed by atoms with E-state index in [0.29, 0.717) is 18.5 Å². The Morgan fingerprint density at radius 3 is 2.57 bits per heavy atom. The molecule has 1 amide bonds. The van der Waals surface area contributed by atoms with Crippen LogP contribution in [-0.2, 0) is 21.2 Å². The van der Waals surface area contributed by atoms with E-state index in [0.717, 1.165) is 4.88 Å². The molecule has 0 aliphatic heterocycles. The van der Waals surface area contributed by atoms with Crippen molar-refractivity contribution in [2.75, 3.05) is 23.7 Å². The number of rotatable bonds is 8. The molecule has 1 N–H and O–H groups in total. The van der Waals surface area contributed by atoms with E-state index in [1.807, 2.05) is 23.6 Å². The van der Waals surface area contributed by atoms with Crippen molar-refractivity contribution in [3.63, 3.8) is 0 Å². The predicted octanol–water partition coefficient (Wildman–Crippen LogP) is 2.26. The van der Waals surface area contributed by atoms with Gasteiger partial charge in [-0.15, -0.1) is 11.3 Å². The van der Waals surface area contributed by atoms with Gasteiger partial charge in [-0.05, 0) is 30.0 Å². The van der Waals surface area contributed by atoms with Gasteiger partial charge in [0.05, 0.1) is 11.4 Å². The standard InChI is InChI=1S/C16H20N2O3S2/c1-18(14-6-3-2-4-7-14)23(20,21)13-11-17-16(19)10-9-15-8-5-12-22-15/h2-8,12H,9-11,13H2,1H3,(H,17,19). The number of carbonyl (C=O) groups excluding carboxylic acids is 1. The largest absolute Gasteiger partial charge is 0.355 e. The van der Waals surface area contributed by atoms with Gasteiger partial charge in [0.2, 0.25) is 15.9 Å². The van der Waals surface area contributed by atoms with Gasteiger partial charge in [0.1, 0.15) is 0 Å². The normalized spacial score (nSPS) is 11.2. The fourth-order valence-electron chi connectivity index (χ4n) is 2.03. The molecule has 2 rings (SSSR count). The number of nitrogens with zero attached hydrogens (tertiary/aromatic N) is 1. The second kappa shape index (κ2) is 8.12. The Labute approximate surface area is 141 Å². The van der Waals surface area contributed by atoms with Crippen molar-refractivity contribution in [3.05, 3.63) is 52.7 Å². The van der Waals surface area contributed by atoms with Crippen LogP contribution >= 0.6 is 11.3 Å². The van der Waals surface area contributed by atoms with Gasteiger partial charge in [0.25, 0.3) is 0 Å². The molecule has 0 saturated carbocycles. The molecule has 0 fully saturated rings. The minimum absolute atomic E-state index is 0.114. The summed E-state index contributed by atoms with van der Waals surface area (Å²) in [5.74, 6) is -0.251. The van der Waals surface area contributed by atoms with Gasteiger partial charge >= 0.3 is 0 Å². The van der Waals surface area contributed by atoms with Crippen molar-refractivity contribution in [3.8, 4) is 0 Å². The number of sulfonamides is 1. The van der Waals surface area contributed by atoms with E-state index >= 15 is 0 Å². The Bertz CT molecular complexity index is 713. The van der Waals surface area contributed by atoms with Gasteiger partial charge in [-0.25, -0.2) is 8.42 Å². The van der Waals surface area contributed by atoms with Gasteiger partial charge in [-0.2, -0.15) is 0 Å². The molecule has 0 aliphatic rings. The van der Waals surface area contributed by atoms with E-state index in [2.05, 4.69) is 5.32 Å². The SMILES string of the molecule is CN(c1ccccc1)S(=O)(=O)CCNC(=O)CCc1cccs1. The quantitative estimate of drug-likeness (QED) is 0.792. The molecule has 0 unspecified atom stereocenters. The van der Waals surface area contributed by atoms with Crippen molar-refractivity contribution in [2.24, 2.45) is 0 Å². The number of anilines is 1. The fraction of sp³-hybridized carbons (Fsp3) is 0.312. The molecule has 0 saturated heterocycles. The summed E-state index contributed by atoms with van der Waals surface area (Å²) in [6.07, 6.45) is 1.05. The first-order valence-electron chi connectivity index (χ1n) is 7.30. The Hall–Kier alpha value is -1.86. The third kappa shape index (κ3) is 5.37. The molecule has 7 heteroatoms. The van der Waals surface area contributed by atoms with Crippen LogP contribution in [0.1, 0.15) is 11.3 Å². The molecule has 0 spiro atoms. The molecular weight excluding hydrogens is 332 g/mol. The molecule has 1 aromatic heterocycles. The Kier molecular flexibility index (Phi) is 6.18. The van der Waals surface area contributed by atoms with Crippen molar-refractivity contribution in [1.29, 1.82) is 0 Å². The summed E-state index contributed by atoms with van der Waals surface area (Å²) in [4.78, 5) is 12.9. The summed E-state index contributed by atoms with van der Waals surface area (Å²) >= 11 is 1.61. The number of benzene rings is 1. The molecule has 0 atom stereocenters. The molecule has 0 aliphatic carbocycles. The van der Waals surface area contributed by atoms with Crippen LogP contribution in [0.4, 0.5) is 5.69 Å². The van der Waals surface area contributed by atoms with Crippen LogP contribution in [0, 0.1) is 0 Å². The molecule has 2 aromatic rings. The van der Waals surface area contributed by atoms with Gasteiger partial charge in [-0.3, -0.25) is 9.10 Å². The zero-order chi connectivity index (χ0) is 16.7. The zero-order valence-electron chi connectivity index (χ0n) is 12.9. The van der Waals surface area contributed by atoms with Crippen LogP contribution in [0.2, 0.25) is 0 Å². The minimum atomic E-state index is -3.45. The van der Waals surface area contributed by atoms with Crippen LogP contribution in [0.15, 0.2) is 47.8 Å². The van der Waals surface area contributed by atoms with E-state index in [-0.39, 0.29) is 18.2 Å². The first-order chi connectivity index (χ1) is 11.0. The van der Waals surface area contributed by atoms with E-state index in [1.165, 1.54) is 11.4 Å². The van der Waals surface area contributed by atoms with Gasteiger partial charge in [0, 0.05) is 24.9 Å². The predicted molar refractivity (Wildman–Crippen MR) is 94.3 cm³/mol. The average Bonchev–Trinajstić information content (AvgIpc) is 3.06. The first kappa shape index (κ1) is 17.5. The van der Waals surface area contributed by atoms with Crippen molar-refractivity contribution < 1.29 is 13.2 Å². The highest BCUT2D eigenvalue weighted by atomic mass is 32.2. The lowest BCUT2D eigenvalue weighted by molar-refractivity contribution is -0.120. The Balaban J connectivity index is 1.77. The second-order valence-electron chi connectivity index (χ2n) is 5.05. The molecule has 124 valence electrons. The van der Waals surface area contributed by atoms with E-state index < -0.39 is 10.0 Å². The highest BCUT2D eigenvalue weighted by Gasteiger charge is 2.18. The monoisotopic (exact) mass is 352 g/mol. The van der Waals surface area contributed by atoms with Crippen LogP contribution in [0.25, 0.3) is 0 Å². The number of nitrogens with one attached hydrogen (secondary N) is 1. The fourth-order valence-corrected chi connectivity index (χ4v) is 3.82. The van der Waals surface area contributed by atoms with Gasteiger partial charge < -0.3 is 5.32 Å². The molecule has 23 heavy (non-hydrogen) atoms. The number of amides is 1. The summed E-state index contributed by atoms with van der Waals surface area (Å²) in [6, 6.07) is 12.8. The van der Waals surface area contributed by atoms with Crippen LogP contribution in [0.3, 0.4) is 0 Å². The molecule has 0 radical (unpaired) electrons. The van der Waals surface area contributed by atoms with Gasteiger partial charge in [0.15, 0.2) is 0 Å².